The van der Waals surface area contributed by atoms with E-state index in [1.807, 2.05) is 0 Å². The van der Waals surface area contributed by atoms with Gasteiger partial charge in [0.25, 0.3) is 0 Å². The SMILES string of the molecule is CN1CCC(Oc2ccc3c(c2)C(CN)N(C(C)(C)CO)C3)CC1. The first-order valence-corrected chi connectivity index (χ1v) is 9.00. The minimum atomic E-state index is -0.280. The third kappa shape index (κ3) is 3.45. The van der Waals surface area contributed by atoms with Gasteiger partial charge in [-0.3, -0.25) is 4.90 Å². The summed E-state index contributed by atoms with van der Waals surface area (Å²) in [5.74, 6) is 0.949. The number of piperidine rings is 1. The van der Waals surface area contributed by atoms with Crippen LogP contribution in [0.2, 0.25) is 0 Å². The highest BCUT2D eigenvalue weighted by atomic mass is 16.5. The zero-order chi connectivity index (χ0) is 17.3. The molecule has 5 heteroatoms. The molecule has 134 valence electrons. The van der Waals surface area contributed by atoms with Gasteiger partial charge in [0.05, 0.1) is 6.61 Å². The van der Waals surface area contributed by atoms with E-state index in [2.05, 4.69) is 48.9 Å². The first kappa shape index (κ1) is 17.7. The molecule has 3 N–H and O–H groups in total. The maximum Gasteiger partial charge on any atom is 0.120 e. The fourth-order valence-electron chi connectivity index (χ4n) is 3.84. The fourth-order valence-corrected chi connectivity index (χ4v) is 3.84. The van der Waals surface area contributed by atoms with Crippen LogP contribution < -0.4 is 10.5 Å². The highest BCUT2D eigenvalue weighted by Crippen LogP contribution is 2.39. The smallest absolute Gasteiger partial charge is 0.120 e. The Balaban J connectivity index is 1.76. The lowest BCUT2D eigenvalue weighted by Crippen LogP contribution is -2.47. The first-order chi connectivity index (χ1) is 11.4. The molecule has 0 radical (unpaired) electrons. The van der Waals surface area contributed by atoms with E-state index in [1.165, 1.54) is 11.1 Å². The minimum absolute atomic E-state index is 0.121. The molecule has 0 bridgehead atoms. The van der Waals surface area contributed by atoms with Gasteiger partial charge in [-0.1, -0.05) is 6.07 Å². The van der Waals surface area contributed by atoms with Crippen LogP contribution in [0.15, 0.2) is 18.2 Å². The molecule has 2 heterocycles. The summed E-state index contributed by atoms with van der Waals surface area (Å²) in [7, 11) is 2.16. The number of nitrogens with two attached hydrogens (primary N) is 1. The van der Waals surface area contributed by atoms with Crippen LogP contribution in [0.25, 0.3) is 0 Å². The van der Waals surface area contributed by atoms with Crippen molar-refractivity contribution < 1.29 is 9.84 Å². The van der Waals surface area contributed by atoms with E-state index in [9.17, 15) is 5.11 Å². The lowest BCUT2D eigenvalue weighted by molar-refractivity contribution is 0.0292. The molecule has 0 saturated carbocycles. The van der Waals surface area contributed by atoms with Crippen molar-refractivity contribution in [2.75, 3.05) is 33.3 Å². The van der Waals surface area contributed by atoms with E-state index in [-0.39, 0.29) is 18.2 Å². The molecule has 1 unspecified atom stereocenters. The molecule has 0 spiro atoms. The predicted molar refractivity (Wildman–Crippen MR) is 96.1 cm³/mol. The molecule has 1 saturated heterocycles. The van der Waals surface area contributed by atoms with Crippen LogP contribution in [0.4, 0.5) is 0 Å². The summed E-state index contributed by atoms with van der Waals surface area (Å²) in [5, 5.41) is 9.73. The number of rotatable bonds is 5. The topological polar surface area (TPSA) is 62.0 Å². The van der Waals surface area contributed by atoms with E-state index in [4.69, 9.17) is 10.5 Å². The number of aliphatic hydroxyl groups is 1. The van der Waals surface area contributed by atoms with Crippen molar-refractivity contribution in [1.29, 1.82) is 0 Å². The van der Waals surface area contributed by atoms with Crippen LogP contribution in [-0.2, 0) is 6.54 Å². The van der Waals surface area contributed by atoms with Crippen LogP contribution in [-0.4, -0.2) is 59.8 Å². The van der Waals surface area contributed by atoms with Gasteiger partial charge in [0, 0.05) is 37.8 Å². The molecule has 1 fully saturated rings. The second-order valence-corrected chi connectivity index (χ2v) is 7.83. The van der Waals surface area contributed by atoms with Gasteiger partial charge in [0.15, 0.2) is 0 Å². The third-order valence-electron chi connectivity index (χ3n) is 5.55. The molecule has 2 aliphatic rings. The second kappa shape index (κ2) is 7.00. The van der Waals surface area contributed by atoms with Crippen molar-refractivity contribution in [2.45, 2.75) is 50.9 Å². The van der Waals surface area contributed by atoms with Gasteiger partial charge in [-0.15, -0.1) is 0 Å². The quantitative estimate of drug-likeness (QED) is 0.859. The summed E-state index contributed by atoms with van der Waals surface area (Å²) >= 11 is 0. The van der Waals surface area contributed by atoms with Gasteiger partial charge in [-0.25, -0.2) is 0 Å². The Bertz CT molecular complexity index is 568. The van der Waals surface area contributed by atoms with Crippen molar-refractivity contribution >= 4 is 0 Å². The molecular formula is C19H31N3O2. The molecule has 0 aromatic heterocycles. The Morgan fingerprint density at radius 3 is 2.62 bits per heavy atom. The zero-order valence-corrected chi connectivity index (χ0v) is 15.2. The lowest BCUT2D eigenvalue weighted by atomic mass is 10.0. The Hall–Kier alpha value is -1.14. The maximum atomic E-state index is 9.73. The molecule has 1 atom stereocenters. The average molecular weight is 333 g/mol. The molecular weight excluding hydrogens is 302 g/mol. The fraction of sp³-hybridized carbons (Fsp3) is 0.684. The van der Waals surface area contributed by atoms with E-state index in [1.54, 1.807) is 0 Å². The van der Waals surface area contributed by atoms with Gasteiger partial charge in [-0.2, -0.15) is 0 Å². The molecule has 3 rings (SSSR count). The van der Waals surface area contributed by atoms with E-state index < -0.39 is 0 Å². The predicted octanol–water partition coefficient (Wildman–Crippen LogP) is 1.75. The van der Waals surface area contributed by atoms with Crippen LogP contribution >= 0.6 is 0 Å². The summed E-state index contributed by atoms with van der Waals surface area (Å²) in [6, 6.07) is 6.55. The third-order valence-corrected chi connectivity index (χ3v) is 5.55. The summed E-state index contributed by atoms with van der Waals surface area (Å²) in [5.41, 5.74) is 8.34. The summed E-state index contributed by atoms with van der Waals surface area (Å²) in [6.07, 6.45) is 2.47. The van der Waals surface area contributed by atoms with Crippen LogP contribution in [0.3, 0.4) is 0 Å². The molecule has 0 amide bonds. The Kier molecular flexibility index (Phi) is 5.16. The van der Waals surface area contributed by atoms with Crippen LogP contribution in [0.5, 0.6) is 5.75 Å². The highest BCUT2D eigenvalue weighted by Gasteiger charge is 2.38. The number of nitrogens with zero attached hydrogens (tertiary/aromatic N) is 2. The first-order valence-electron chi connectivity index (χ1n) is 9.00. The van der Waals surface area contributed by atoms with Gasteiger partial charge >= 0.3 is 0 Å². The number of hydrogen-bond acceptors (Lipinski definition) is 5. The van der Waals surface area contributed by atoms with Crippen molar-refractivity contribution in [3.05, 3.63) is 29.3 Å². The standard InChI is InChI=1S/C19H31N3O2/c1-19(2,13-23)22-12-14-4-5-16(10-17(14)18(22)11-20)24-15-6-8-21(3)9-7-15/h4-5,10,15,18,23H,6-9,11-13,20H2,1-3H3. The van der Waals surface area contributed by atoms with Crippen molar-refractivity contribution in [3.8, 4) is 5.75 Å². The summed E-state index contributed by atoms with van der Waals surface area (Å²) in [4.78, 5) is 4.65. The van der Waals surface area contributed by atoms with Crippen molar-refractivity contribution in [2.24, 2.45) is 5.73 Å². The largest absolute Gasteiger partial charge is 0.490 e. The molecule has 1 aromatic rings. The second-order valence-electron chi connectivity index (χ2n) is 7.83. The number of aliphatic hydroxyl groups excluding tert-OH is 1. The monoisotopic (exact) mass is 333 g/mol. The van der Waals surface area contributed by atoms with E-state index in [0.29, 0.717) is 12.6 Å². The summed E-state index contributed by atoms with van der Waals surface area (Å²) < 4.78 is 6.23. The normalized spacial score (nSPS) is 23.5. The van der Waals surface area contributed by atoms with Gasteiger partial charge < -0.3 is 20.5 Å². The van der Waals surface area contributed by atoms with Gasteiger partial charge in [0.2, 0.25) is 0 Å². The van der Waals surface area contributed by atoms with Crippen LogP contribution in [0, 0.1) is 0 Å². The zero-order valence-electron chi connectivity index (χ0n) is 15.2. The lowest BCUT2D eigenvalue weighted by Gasteiger charge is -2.38. The Morgan fingerprint density at radius 1 is 1.29 bits per heavy atom. The van der Waals surface area contributed by atoms with E-state index >= 15 is 0 Å². The van der Waals surface area contributed by atoms with E-state index in [0.717, 1.165) is 38.2 Å². The Morgan fingerprint density at radius 2 is 2.00 bits per heavy atom. The van der Waals surface area contributed by atoms with Crippen molar-refractivity contribution in [3.63, 3.8) is 0 Å². The van der Waals surface area contributed by atoms with Gasteiger partial charge in [-0.05, 0) is 57.0 Å². The molecule has 5 nitrogen and oxygen atoms in total. The molecule has 1 aromatic carbocycles. The Labute approximate surface area is 145 Å². The number of likely N-dealkylation sites (tertiary alicyclic amines) is 1. The molecule has 2 aliphatic heterocycles. The molecule has 0 aliphatic carbocycles. The maximum absolute atomic E-state index is 9.73. The number of benzene rings is 1. The van der Waals surface area contributed by atoms with Crippen LogP contribution in [0.1, 0.15) is 43.9 Å². The van der Waals surface area contributed by atoms with Gasteiger partial charge in [0.1, 0.15) is 11.9 Å². The number of hydrogen-bond donors (Lipinski definition) is 2. The minimum Gasteiger partial charge on any atom is -0.490 e. The summed E-state index contributed by atoms with van der Waals surface area (Å²) in [6.45, 7) is 7.83. The highest BCUT2D eigenvalue weighted by molar-refractivity contribution is 5.41. The van der Waals surface area contributed by atoms with Crippen molar-refractivity contribution in [1.82, 2.24) is 9.80 Å². The average Bonchev–Trinajstić information content (AvgIpc) is 2.95. The molecule has 24 heavy (non-hydrogen) atoms. The number of ether oxygens (including phenoxy) is 1. The number of fused-ring (bicyclic) bond motifs is 1.